The van der Waals surface area contributed by atoms with Crippen molar-refractivity contribution in [1.29, 1.82) is 0 Å². The monoisotopic (exact) mass is 341 g/mol. The van der Waals surface area contributed by atoms with Crippen molar-refractivity contribution in [3.8, 4) is 0 Å². The van der Waals surface area contributed by atoms with Crippen molar-refractivity contribution in [2.45, 2.75) is 6.42 Å². The summed E-state index contributed by atoms with van der Waals surface area (Å²) in [5, 5.41) is 3.83. The number of hydrogen-bond acceptors (Lipinski definition) is 2. The van der Waals surface area contributed by atoms with Gasteiger partial charge in [0.2, 0.25) is 5.91 Å². The number of nitrogens with one attached hydrogen (secondary N) is 1. The van der Waals surface area contributed by atoms with Crippen LogP contribution in [0.3, 0.4) is 0 Å². The van der Waals surface area contributed by atoms with Gasteiger partial charge < -0.3 is 5.32 Å². The third kappa shape index (κ3) is 4.46. The van der Waals surface area contributed by atoms with Gasteiger partial charge >= 0.3 is 0 Å². The van der Waals surface area contributed by atoms with Crippen LogP contribution in [0.15, 0.2) is 42.5 Å². The molecule has 0 aliphatic rings. The Morgan fingerprint density at radius 3 is 2.19 bits per heavy atom. The lowest BCUT2D eigenvalue weighted by Gasteiger charge is -2.05. The molecule has 2 rings (SSSR count). The van der Waals surface area contributed by atoms with Crippen molar-refractivity contribution in [3.05, 3.63) is 63.1 Å². The van der Waals surface area contributed by atoms with Crippen LogP contribution in [0.1, 0.15) is 16.8 Å². The van der Waals surface area contributed by atoms with E-state index in [0.29, 0.717) is 21.3 Å². The van der Waals surface area contributed by atoms with Gasteiger partial charge in [0.1, 0.15) is 0 Å². The zero-order valence-corrected chi connectivity index (χ0v) is 13.0. The van der Waals surface area contributed by atoms with Crippen molar-refractivity contribution < 1.29 is 9.59 Å². The molecule has 0 atom stereocenters. The van der Waals surface area contributed by atoms with Crippen molar-refractivity contribution in [2.24, 2.45) is 0 Å². The minimum atomic E-state index is -0.409. The van der Waals surface area contributed by atoms with Crippen molar-refractivity contribution in [3.63, 3.8) is 0 Å². The molecule has 0 saturated carbocycles. The molecule has 0 aliphatic carbocycles. The highest BCUT2D eigenvalue weighted by molar-refractivity contribution is 6.42. The van der Waals surface area contributed by atoms with E-state index in [1.54, 1.807) is 24.3 Å². The Kier molecular flexibility index (Phi) is 5.23. The number of anilines is 1. The van der Waals surface area contributed by atoms with E-state index in [2.05, 4.69) is 5.32 Å². The second-order valence-electron chi connectivity index (χ2n) is 4.28. The van der Waals surface area contributed by atoms with Gasteiger partial charge in [-0.2, -0.15) is 0 Å². The molecule has 0 heterocycles. The quantitative estimate of drug-likeness (QED) is 0.637. The van der Waals surface area contributed by atoms with E-state index in [4.69, 9.17) is 34.8 Å². The summed E-state index contributed by atoms with van der Waals surface area (Å²) in [6.45, 7) is 0. The number of amides is 1. The molecule has 2 aromatic carbocycles. The summed E-state index contributed by atoms with van der Waals surface area (Å²) < 4.78 is 0. The van der Waals surface area contributed by atoms with Crippen molar-refractivity contribution in [2.75, 3.05) is 5.32 Å². The highest BCUT2D eigenvalue weighted by atomic mass is 35.5. The molecule has 2 aromatic rings. The molecule has 0 fully saturated rings. The molecule has 0 unspecified atom stereocenters. The number of rotatable bonds is 4. The topological polar surface area (TPSA) is 46.2 Å². The number of benzene rings is 2. The third-order valence-corrected chi connectivity index (χ3v) is 3.68. The van der Waals surface area contributed by atoms with Gasteiger partial charge in [-0.1, -0.05) is 34.8 Å². The molecule has 1 N–H and O–H groups in total. The van der Waals surface area contributed by atoms with E-state index in [1.165, 1.54) is 18.2 Å². The second-order valence-corrected chi connectivity index (χ2v) is 5.53. The molecule has 0 spiro atoms. The molecule has 0 saturated heterocycles. The van der Waals surface area contributed by atoms with E-state index >= 15 is 0 Å². The number of Topliss-reactive ketones (excluding diaryl/α,β-unsaturated/α-hetero) is 1. The third-order valence-electron chi connectivity index (χ3n) is 2.69. The van der Waals surface area contributed by atoms with E-state index in [9.17, 15) is 9.59 Å². The molecule has 3 nitrogen and oxygen atoms in total. The lowest BCUT2D eigenvalue weighted by Crippen LogP contribution is -2.16. The summed E-state index contributed by atoms with van der Waals surface area (Å²) >= 11 is 17.4. The van der Waals surface area contributed by atoms with Gasteiger partial charge in [0.25, 0.3) is 0 Å². The highest BCUT2D eigenvalue weighted by Gasteiger charge is 2.13. The van der Waals surface area contributed by atoms with Gasteiger partial charge in [-0.3, -0.25) is 9.59 Å². The summed E-state index contributed by atoms with van der Waals surface area (Å²) in [7, 11) is 0. The van der Waals surface area contributed by atoms with E-state index in [-0.39, 0.29) is 17.2 Å². The number of halogens is 3. The first kappa shape index (κ1) is 15.8. The summed E-state index contributed by atoms with van der Waals surface area (Å²) in [6.07, 6.45) is -0.277. The second kappa shape index (κ2) is 6.94. The molecule has 0 radical (unpaired) electrons. The Hall–Kier alpha value is -1.55. The van der Waals surface area contributed by atoms with Crippen LogP contribution in [-0.4, -0.2) is 11.7 Å². The van der Waals surface area contributed by atoms with Crippen LogP contribution in [0.2, 0.25) is 15.1 Å². The minimum Gasteiger partial charge on any atom is -0.326 e. The molecule has 108 valence electrons. The maximum atomic E-state index is 12.0. The maximum absolute atomic E-state index is 12.0. The summed E-state index contributed by atoms with van der Waals surface area (Å²) in [4.78, 5) is 23.8. The van der Waals surface area contributed by atoms with Crippen LogP contribution in [0.25, 0.3) is 0 Å². The lowest BCUT2D eigenvalue weighted by atomic mass is 10.1. The van der Waals surface area contributed by atoms with Crippen LogP contribution in [0.5, 0.6) is 0 Å². The summed E-state index contributed by atoms with van der Waals surface area (Å²) in [5.41, 5.74) is 0.919. The van der Waals surface area contributed by atoms with Crippen molar-refractivity contribution in [1.82, 2.24) is 0 Å². The standard InChI is InChI=1S/C15H10Cl3NO2/c16-10-2-4-11(5-3-10)19-15(21)8-14(20)9-1-6-12(17)13(18)7-9/h1-7H,8H2,(H,19,21). The smallest absolute Gasteiger partial charge is 0.232 e. The number of ketones is 1. The van der Waals surface area contributed by atoms with Gasteiger partial charge in [-0.05, 0) is 42.5 Å². The molecule has 0 aliphatic heterocycles. The molecule has 21 heavy (non-hydrogen) atoms. The highest BCUT2D eigenvalue weighted by Crippen LogP contribution is 2.23. The minimum absolute atomic E-state index is 0.277. The molecule has 0 bridgehead atoms. The molecule has 1 amide bonds. The van der Waals surface area contributed by atoms with Crippen molar-refractivity contribution >= 4 is 52.2 Å². The first-order chi connectivity index (χ1) is 9.95. The number of hydrogen-bond donors (Lipinski definition) is 1. The zero-order valence-electron chi connectivity index (χ0n) is 10.7. The van der Waals surface area contributed by atoms with E-state index in [1.807, 2.05) is 0 Å². The molecule has 6 heteroatoms. The Labute approximate surface area is 136 Å². The normalized spacial score (nSPS) is 10.2. The largest absolute Gasteiger partial charge is 0.326 e. The maximum Gasteiger partial charge on any atom is 0.232 e. The van der Waals surface area contributed by atoms with Crippen LogP contribution in [0.4, 0.5) is 5.69 Å². The number of carbonyl (C=O) groups excluding carboxylic acids is 2. The van der Waals surface area contributed by atoms with Crippen LogP contribution < -0.4 is 5.32 Å². The Balaban J connectivity index is 2.00. The zero-order chi connectivity index (χ0) is 15.4. The van der Waals surface area contributed by atoms with E-state index in [0.717, 1.165) is 0 Å². The SMILES string of the molecule is O=C(CC(=O)c1ccc(Cl)c(Cl)c1)Nc1ccc(Cl)cc1. The van der Waals surface area contributed by atoms with Crippen LogP contribution in [-0.2, 0) is 4.79 Å². The summed E-state index contributed by atoms with van der Waals surface area (Å²) in [6, 6.07) is 11.1. The van der Waals surface area contributed by atoms with Gasteiger partial charge in [-0.15, -0.1) is 0 Å². The molecule has 0 aromatic heterocycles. The Bertz CT molecular complexity index is 684. The fourth-order valence-corrected chi connectivity index (χ4v) is 2.08. The van der Waals surface area contributed by atoms with Crippen LogP contribution >= 0.6 is 34.8 Å². The van der Waals surface area contributed by atoms with E-state index < -0.39 is 5.91 Å². The number of carbonyl (C=O) groups is 2. The van der Waals surface area contributed by atoms with Gasteiger partial charge in [-0.25, -0.2) is 0 Å². The fraction of sp³-hybridized carbons (Fsp3) is 0.0667. The predicted octanol–water partition coefficient (Wildman–Crippen LogP) is 4.86. The predicted molar refractivity (Wildman–Crippen MR) is 85.5 cm³/mol. The molecular formula is C15H10Cl3NO2. The fourth-order valence-electron chi connectivity index (χ4n) is 1.66. The first-order valence-corrected chi connectivity index (χ1v) is 7.13. The van der Waals surface area contributed by atoms with Gasteiger partial charge in [0.15, 0.2) is 5.78 Å². The lowest BCUT2D eigenvalue weighted by molar-refractivity contribution is -0.115. The average Bonchev–Trinajstić information content (AvgIpc) is 2.44. The summed E-state index contributed by atoms with van der Waals surface area (Å²) in [5.74, 6) is -0.742. The molecular weight excluding hydrogens is 333 g/mol. The Morgan fingerprint density at radius 2 is 1.57 bits per heavy atom. The van der Waals surface area contributed by atoms with Gasteiger partial charge in [0, 0.05) is 16.3 Å². The van der Waals surface area contributed by atoms with Crippen LogP contribution in [0, 0.1) is 0 Å². The average molecular weight is 343 g/mol. The first-order valence-electron chi connectivity index (χ1n) is 5.99. The van der Waals surface area contributed by atoms with Gasteiger partial charge in [0.05, 0.1) is 16.5 Å². The Morgan fingerprint density at radius 1 is 0.905 bits per heavy atom.